The van der Waals surface area contributed by atoms with Gasteiger partial charge in [0.15, 0.2) is 0 Å². The highest BCUT2D eigenvalue weighted by Crippen LogP contribution is 2.39. The Morgan fingerprint density at radius 3 is 2.47 bits per heavy atom. The smallest absolute Gasteiger partial charge is 0.115 e. The van der Waals surface area contributed by atoms with Gasteiger partial charge in [0.25, 0.3) is 0 Å². The summed E-state index contributed by atoms with van der Waals surface area (Å²) in [6, 6.07) is 15.5. The van der Waals surface area contributed by atoms with E-state index in [1.54, 1.807) is 23.7 Å². The molecule has 0 saturated carbocycles. The monoisotopic (exact) mass is 488 g/mol. The first-order valence-corrected chi connectivity index (χ1v) is 13.0. The number of nitrogens with zero attached hydrogens (tertiary/aromatic N) is 4. The summed E-state index contributed by atoms with van der Waals surface area (Å²) in [5, 5.41) is 3.41. The highest BCUT2D eigenvalue weighted by Gasteiger charge is 2.16. The molecule has 7 heteroatoms. The van der Waals surface area contributed by atoms with E-state index in [-0.39, 0.29) is 0 Å². The topological polar surface area (TPSA) is 83.1 Å². The number of H-pyrrole nitrogens is 2. The molecule has 0 radical (unpaired) electrons. The summed E-state index contributed by atoms with van der Waals surface area (Å²) in [4.78, 5) is 26.9. The molecular weight excluding hydrogens is 464 g/mol. The van der Waals surface area contributed by atoms with Crippen molar-refractivity contribution >= 4 is 54.3 Å². The molecule has 0 unspecified atom stereocenters. The van der Waals surface area contributed by atoms with Crippen molar-refractivity contribution < 1.29 is 0 Å². The Balaban J connectivity index is 1.38. The van der Waals surface area contributed by atoms with Crippen LogP contribution >= 0.6 is 11.3 Å². The minimum Gasteiger partial charge on any atom is -0.342 e. The van der Waals surface area contributed by atoms with Gasteiger partial charge in [-0.3, -0.25) is 9.97 Å². The summed E-state index contributed by atoms with van der Waals surface area (Å²) in [5.74, 6) is 2.35. The molecule has 36 heavy (non-hydrogen) atoms. The van der Waals surface area contributed by atoms with Crippen molar-refractivity contribution in [2.45, 2.75) is 33.1 Å². The van der Waals surface area contributed by atoms with E-state index in [1.165, 1.54) is 20.5 Å². The van der Waals surface area contributed by atoms with Crippen LogP contribution in [0.25, 0.3) is 64.6 Å². The zero-order chi connectivity index (χ0) is 24.4. The van der Waals surface area contributed by atoms with E-state index in [9.17, 15) is 0 Å². The van der Waals surface area contributed by atoms with Crippen LogP contribution < -0.4 is 0 Å². The first-order chi connectivity index (χ1) is 17.6. The van der Waals surface area contributed by atoms with Crippen molar-refractivity contribution in [3.63, 3.8) is 0 Å². The van der Waals surface area contributed by atoms with Gasteiger partial charge in [0.1, 0.15) is 17.2 Å². The molecule has 0 bridgehead atoms. The Bertz CT molecular complexity index is 1920. The van der Waals surface area contributed by atoms with Crippen molar-refractivity contribution in [2.75, 3.05) is 0 Å². The molecule has 4 aromatic heterocycles. The van der Waals surface area contributed by atoms with E-state index in [0.717, 1.165) is 62.2 Å². The normalized spacial score (nSPS) is 12.1. The van der Waals surface area contributed by atoms with Gasteiger partial charge in [-0.05, 0) is 29.1 Å². The minimum atomic E-state index is 0.376. The lowest BCUT2D eigenvalue weighted by Gasteiger charge is -2.06. The number of hydrogen-bond acceptors (Lipinski definition) is 5. The third-order valence-corrected chi connectivity index (χ3v) is 7.96. The maximum absolute atomic E-state index is 4.87. The summed E-state index contributed by atoms with van der Waals surface area (Å²) < 4.78 is 1.25. The van der Waals surface area contributed by atoms with Gasteiger partial charge in [0.05, 0.1) is 28.4 Å². The van der Waals surface area contributed by atoms with Gasteiger partial charge in [-0.15, -0.1) is 11.3 Å². The zero-order valence-corrected chi connectivity index (χ0v) is 21.1. The van der Waals surface area contributed by atoms with Gasteiger partial charge >= 0.3 is 0 Å². The average Bonchev–Trinajstić information content (AvgIpc) is 3.66. The standard InChI is InChI=1S/C29H24N6S/c1-4-24-34-26-19-8-7-17(11-20(19)25-27(28(26)35-24)31-10-9-30-25)23-13-18-6-5-16(12-22(18)36-23)21-14-32-29(33-21)15(2)3/h5-15H,4H2,1-3H3,(H,32,33)(H,34,35). The largest absolute Gasteiger partial charge is 0.342 e. The second-order valence-electron chi connectivity index (χ2n) is 9.47. The van der Waals surface area contributed by atoms with Gasteiger partial charge in [0.2, 0.25) is 0 Å². The molecule has 0 aliphatic carbocycles. The maximum atomic E-state index is 4.87. The van der Waals surface area contributed by atoms with Crippen molar-refractivity contribution in [1.29, 1.82) is 0 Å². The third kappa shape index (κ3) is 3.23. The number of nitrogens with one attached hydrogen (secondary N) is 2. The molecule has 0 atom stereocenters. The van der Waals surface area contributed by atoms with Crippen LogP contribution in [0.1, 0.15) is 38.3 Å². The molecule has 2 N–H and O–H groups in total. The number of aromatic nitrogens is 6. The molecule has 3 aromatic carbocycles. The summed E-state index contributed by atoms with van der Waals surface area (Å²) in [7, 11) is 0. The van der Waals surface area contributed by atoms with Gasteiger partial charge in [-0.1, -0.05) is 45.0 Å². The van der Waals surface area contributed by atoms with E-state index >= 15 is 0 Å². The number of rotatable bonds is 4. The Kier molecular flexibility index (Phi) is 4.69. The predicted octanol–water partition coefficient (Wildman–Crippen LogP) is 7.62. The molecule has 0 amide bonds. The SMILES string of the molecule is CCc1nc2c3ccc(-c4cc5ccc(-c6cnc(C(C)C)[nH]6)cc5s4)cc3c3nccnc3c2[nH]1. The second kappa shape index (κ2) is 7.96. The predicted molar refractivity (Wildman–Crippen MR) is 149 cm³/mol. The van der Waals surface area contributed by atoms with E-state index in [2.05, 4.69) is 83.2 Å². The fraction of sp³-hybridized carbons (Fsp3) is 0.172. The van der Waals surface area contributed by atoms with Crippen LogP contribution in [0.4, 0.5) is 0 Å². The highest BCUT2D eigenvalue weighted by atomic mass is 32.1. The van der Waals surface area contributed by atoms with E-state index in [4.69, 9.17) is 9.97 Å². The molecule has 4 heterocycles. The fourth-order valence-corrected chi connectivity index (χ4v) is 5.99. The molecule has 0 fully saturated rings. The average molecular weight is 489 g/mol. The van der Waals surface area contributed by atoms with Gasteiger partial charge in [0, 0.05) is 50.6 Å². The zero-order valence-electron chi connectivity index (χ0n) is 20.3. The molecule has 176 valence electrons. The number of benzene rings is 3. The molecule has 0 aliphatic heterocycles. The van der Waals surface area contributed by atoms with Crippen LogP contribution in [-0.4, -0.2) is 29.9 Å². The molecule has 7 aromatic rings. The third-order valence-electron chi connectivity index (χ3n) is 6.81. The molecule has 0 aliphatic rings. The van der Waals surface area contributed by atoms with Crippen LogP contribution in [0.2, 0.25) is 0 Å². The lowest BCUT2D eigenvalue weighted by molar-refractivity contribution is 0.795. The van der Waals surface area contributed by atoms with E-state index < -0.39 is 0 Å². The Hall–Kier alpha value is -4.10. The maximum Gasteiger partial charge on any atom is 0.115 e. The summed E-state index contributed by atoms with van der Waals surface area (Å²) in [6.07, 6.45) is 6.28. The number of thiophene rings is 1. The van der Waals surface area contributed by atoms with Crippen molar-refractivity contribution in [2.24, 2.45) is 0 Å². The Labute approximate surface area is 211 Å². The number of aromatic amines is 2. The molecular formula is C29H24N6S. The first-order valence-electron chi connectivity index (χ1n) is 12.2. The Morgan fingerprint density at radius 2 is 1.67 bits per heavy atom. The van der Waals surface area contributed by atoms with Gasteiger partial charge in [-0.25, -0.2) is 9.97 Å². The van der Waals surface area contributed by atoms with E-state index in [0.29, 0.717) is 5.92 Å². The van der Waals surface area contributed by atoms with Crippen LogP contribution in [0.15, 0.2) is 61.1 Å². The van der Waals surface area contributed by atoms with Crippen LogP contribution in [-0.2, 0) is 6.42 Å². The lowest BCUT2D eigenvalue weighted by atomic mass is 10.0. The van der Waals surface area contributed by atoms with Crippen LogP contribution in [0, 0.1) is 0 Å². The summed E-state index contributed by atoms with van der Waals surface area (Å²) in [6.45, 7) is 6.40. The van der Waals surface area contributed by atoms with Crippen molar-refractivity contribution in [1.82, 2.24) is 29.9 Å². The number of hydrogen-bond donors (Lipinski definition) is 2. The van der Waals surface area contributed by atoms with E-state index in [1.807, 2.05) is 6.20 Å². The number of imidazole rings is 2. The van der Waals surface area contributed by atoms with Crippen LogP contribution in [0.3, 0.4) is 0 Å². The number of fused-ring (bicyclic) bond motifs is 7. The quantitative estimate of drug-likeness (QED) is 0.250. The van der Waals surface area contributed by atoms with Crippen molar-refractivity contribution in [3.8, 4) is 21.7 Å². The summed E-state index contributed by atoms with van der Waals surface area (Å²) in [5.41, 5.74) is 7.07. The molecule has 7 rings (SSSR count). The minimum absolute atomic E-state index is 0.376. The number of aryl methyl sites for hydroxylation is 1. The second-order valence-corrected chi connectivity index (χ2v) is 10.6. The van der Waals surface area contributed by atoms with Gasteiger partial charge in [-0.2, -0.15) is 0 Å². The molecule has 6 nitrogen and oxygen atoms in total. The van der Waals surface area contributed by atoms with Gasteiger partial charge < -0.3 is 9.97 Å². The molecule has 0 saturated heterocycles. The molecule has 0 spiro atoms. The Morgan fingerprint density at radius 1 is 0.833 bits per heavy atom. The van der Waals surface area contributed by atoms with Crippen LogP contribution in [0.5, 0.6) is 0 Å². The summed E-state index contributed by atoms with van der Waals surface area (Å²) >= 11 is 1.81. The fourth-order valence-electron chi connectivity index (χ4n) is 4.89. The first kappa shape index (κ1) is 21.2. The van der Waals surface area contributed by atoms with Crippen molar-refractivity contribution in [3.05, 3.63) is 72.7 Å². The highest BCUT2D eigenvalue weighted by molar-refractivity contribution is 7.22. The lowest BCUT2D eigenvalue weighted by Crippen LogP contribution is -1.89.